The maximum Gasteiger partial charge on any atom is -0.0274 e. The Morgan fingerprint density at radius 1 is 0.762 bits per heavy atom. The Balaban J connectivity index is 2.08. The van der Waals surface area contributed by atoms with Gasteiger partial charge in [-0.15, -0.1) is 6.58 Å². The van der Waals surface area contributed by atoms with Gasteiger partial charge in [-0.25, -0.2) is 0 Å². The third-order valence-corrected chi connectivity index (χ3v) is 4.43. The molecule has 1 aromatic carbocycles. The molecule has 118 valence electrons. The maximum atomic E-state index is 3.77. The minimum absolute atomic E-state index is 1.19. The summed E-state index contributed by atoms with van der Waals surface area (Å²) in [7, 11) is 0. The number of hydrogen-bond acceptors (Lipinski definition) is 0. The second-order valence-corrected chi connectivity index (χ2v) is 6.53. The van der Waals surface area contributed by atoms with Gasteiger partial charge in [0.25, 0.3) is 0 Å². The zero-order chi connectivity index (χ0) is 15.5. The summed E-state index contributed by atoms with van der Waals surface area (Å²) in [6.45, 7) is 10.5. The van der Waals surface area contributed by atoms with Gasteiger partial charge >= 0.3 is 0 Å². The first-order chi connectivity index (χ1) is 10.1. The van der Waals surface area contributed by atoms with E-state index in [-0.39, 0.29) is 0 Å². The molecule has 21 heavy (non-hydrogen) atoms. The summed E-state index contributed by atoms with van der Waals surface area (Å²) in [5.41, 5.74) is 5.94. The van der Waals surface area contributed by atoms with Crippen molar-refractivity contribution in [3.63, 3.8) is 0 Å². The van der Waals surface area contributed by atoms with Crippen LogP contribution in [0.2, 0.25) is 0 Å². The van der Waals surface area contributed by atoms with Crippen molar-refractivity contribution in [2.24, 2.45) is 0 Å². The van der Waals surface area contributed by atoms with E-state index >= 15 is 0 Å². The molecule has 0 radical (unpaired) electrons. The molecule has 0 aliphatic rings. The lowest BCUT2D eigenvalue weighted by Gasteiger charge is -2.11. The van der Waals surface area contributed by atoms with E-state index in [9.17, 15) is 0 Å². The van der Waals surface area contributed by atoms with E-state index in [2.05, 4.69) is 39.5 Å². The van der Waals surface area contributed by atoms with Gasteiger partial charge in [-0.1, -0.05) is 62.3 Å². The highest BCUT2D eigenvalue weighted by molar-refractivity contribution is 5.37. The molecule has 0 aliphatic carbocycles. The Kier molecular flexibility index (Phi) is 9.14. The number of allylic oxidation sites excluding steroid dienone is 1. The second-order valence-electron chi connectivity index (χ2n) is 6.53. The smallest absolute Gasteiger partial charge is 0.0274 e. The van der Waals surface area contributed by atoms with E-state index in [1.54, 1.807) is 5.56 Å². The first kappa shape index (κ1) is 18.0. The largest absolute Gasteiger partial charge is 0.103 e. The monoisotopic (exact) mass is 286 g/mol. The zero-order valence-corrected chi connectivity index (χ0v) is 14.5. The molecular weight excluding hydrogens is 252 g/mol. The molecule has 0 aromatic heterocycles. The lowest BCUT2D eigenvalue weighted by atomic mass is 9.95. The van der Waals surface area contributed by atoms with Gasteiger partial charge < -0.3 is 0 Å². The van der Waals surface area contributed by atoms with Gasteiger partial charge in [0.05, 0.1) is 0 Å². The van der Waals surface area contributed by atoms with Crippen molar-refractivity contribution in [2.45, 2.75) is 85.0 Å². The second kappa shape index (κ2) is 10.7. The molecule has 0 bridgehead atoms. The van der Waals surface area contributed by atoms with E-state index in [1.807, 2.05) is 6.08 Å². The molecule has 0 atom stereocenters. The van der Waals surface area contributed by atoms with Crippen molar-refractivity contribution in [3.8, 4) is 0 Å². The number of benzene rings is 1. The fourth-order valence-electron chi connectivity index (χ4n) is 3.26. The Hall–Kier alpha value is -1.04. The molecule has 0 aliphatic heterocycles. The molecule has 1 rings (SSSR count). The highest BCUT2D eigenvalue weighted by atomic mass is 14.1. The molecule has 0 saturated heterocycles. The number of unbranched alkanes of at least 4 members (excludes halogenated alkanes) is 8. The van der Waals surface area contributed by atoms with E-state index in [0.717, 1.165) is 0 Å². The average Bonchev–Trinajstić information content (AvgIpc) is 2.43. The van der Waals surface area contributed by atoms with Crippen LogP contribution >= 0.6 is 0 Å². The summed E-state index contributed by atoms with van der Waals surface area (Å²) < 4.78 is 0. The van der Waals surface area contributed by atoms with Crippen LogP contribution < -0.4 is 0 Å². The van der Waals surface area contributed by atoms with Gasteiger partial charge in [0.2, 0.25) is 0 Å². The predicted molar refractivity (Wildman–Crippen MR) is 96.1 cm³/mol. The summed E-state index contributed by atoms with van der Waals surface area (Å²) in [5.74, 6) is 0. The summed E-state index contributed by atoms with van der Waals surface area (Å²) in [6.07, 6.45) is 15.6. The third kappa shape index (κ3) is 7.50. The highest BCUT2D eigenvalue weighted by Gasteiger charge is 2.03. The van der Waals surface area contributed by atoms with E-state index in [4.69, 9.17) is 0 Å². The lowest BCUT2D eigenvalue weighted by molar-refractivity contribution is 0.569. The summed E-state index contributed by atoms with van der Waals surface area (Å²) in [5, 5.41) is 0. The van der Waals surface area contributed by atoms with Gasteiger partial charge in [0, 0.05) is 0 Å². The predicted octanol–water partition coefficient (Wildman–Crippen LogP) is 6.85. The molecule has 0 nitrogen and oxygen atoms in total. The fourth-order valence-corrected chi connectivity index (χ4v) is 3.26. The van der Waals surface area contributed by atoms with Crippen molar-refractivity contribution >= 4 is 0 Å². The van der Waals surface area contributed by atoms with Crippen molar-refractivity contribution in [2.75, 3.05) is 0 Å². The van der Waals surface area contributed by atoms with E-state index in [0.29, 0.717) is 0 Å². The normalized spacial score (nSPS) is 10.8. The topological polar surface area (TPSA) is 0 Å². The number of hydrogen-bond donors (Lipinski definition) is 0. The summed E-state index contributed by atoms with van der Waals surface area (Å²) >= 11 is 0. The van der Waals surface area contributed by atoms with Gasteiger partial charge in [-0.05, 0) is 63.1 Å². The lowest BCUT2D eigenvalue weighted by Crippen LogP contribution is -1.95. The van der Waals surface area contributed by atoms with Gasteiger partial charge in [0.15, 0.2) is 0 Å². The molecule has 0 fully saturated rings. The van der Waals surface area contributed by atoms with Crippen LogP contribution in [-0.2, 0) is 6.42 Å². The number of rotatable bonds is 11. The Bertz CT molecular complexity index is 391. The van der Waals surface area contributed by atoms with Crippen LogP contribution in [0.3, 0.4) is 0 Å². The van der Waals surface area contributed by atoms with Crippen LogP contribution in [0.15, 0.2) is 24.8 Å². The molecule has 0 heteroatoms. The van der Waals surface area contributed by atoms with Crippen molar-refractivity contribution in [1.29, 1.82) is 0 Å². The van der Waals surface area contributed by atoms with Gasteiger partial charge in [-0.3, -0.25) is 0 Å². The van der Waals surface area contributed by atoms with Crippen LogP contribution in [0.25, 0.3) is 0 Å². The molecule has 0 spiro atoms. The Morgan fingerprint density at radius 2 is 1.24 bits per heavy atom. The number of aryl methyl sites for hydroxylation is 3. The van der Waals surface area contributed by atoms with Gasteiger partial charge in [0.1, 0.15) is 0 Å². The van der Waals surface area contributed by atoms with Crippen LogP contribution in [0.5, 0.6) is 0 Å². The molecular formula is C21H34. The SMILES string of the molecule is C=CCCCCCCCCCCc1c(C)cc(C)cc1C. The minimum atomic E-state index is 1.19. The molecule has 0 heterocycles. The summed E-state index contributed by atoms with van der Waals surface area (Å²) in [4.78, 5) is 0. The zero-order valence-electron chi connectivity index (χ0n) is 14.5. The Labute approximate surface area is 132 Å². The van der Waals surface area contributed by atoms with Crippen LogP contribution in [0.1, 0.15) is 80.0 Å². The van der Waals surface area contributed by atoms with Crippen molar-refractivity contribution < 1.29 is 0 Å². The van der Waals surface area contributed by atoms with Crippen LogP contribution in [-0.4, -0.2) is 0 Å². The third-order valence-electron chi connectivity index (χ3n) is 4.43. The first-order valence-corrected chi connectivity index (χ1v) is 8.82. The van der Waals surface area contributed by atoms with Crippen LogP contribution in [0, 0.1) is 20.8 Å². The Morgan fingerprint density at radius 3 is 1.76 bits per heavy atom. The van der Waals surface area contributed by atoms with E-state index < -0.39 is 0 Å². The first-order valence-electron chi connectivity index (χ1n) is 8.82. The molecule has 0 N–H and O–H groups in total. The molecule has 1 aromatic rings. The quantitative estimate of drug-likeness (QED) is 0.308. The average molecular weight is 287 g/mol. The van der Waals surface area contributed by atoms with E-state index in [1.165, 1.54) is 80.9 Å². The standard InChI is InChI=1S/C21H34/c1-5-6-7-8-9-10-11-12-13-14-15-21-19(3)16-18(2)17-20(21)4/h5,16-17H,1,6-15H2,2-4H3. The highest BCUT2D eigenvalue weighted by Crippen LogP contribution is 2.19. The van der Waals surface area contributed by atoms with Crippen molar-refractivity contribution in [3.05, 3.63) is 47.0 Å². The van der Waals surface area contributed by atoms with Crippen LogP contribution in [0.4, 0.5) is 0 Å². The molecule has 0 saturated carbocycles. The minimum Gasteiger partial charge on any atom is -0.103 e. The molecule has 0 amide bonds. The fraction of sp³-hybridized carbons (Fsp3) is 0.619. The van der Waals surface area contributed by atoms with Gasteiger partial charge in [-0.2, -0.15) is 0 Å². The molecule has 0 unspecified atom stereocenters. The summed E-state index contributed by atoms with van der Waals surface area (Å²) in [6, 6.07) is 4.65. The maximum absolute atomic E-state index is 3.77. The van der Waals surface area contributed by atoms with Crippen molar-refractivity contribution in [1.82, 2.24) is 0 Å².